The van der Waals surface area contributed by atoms with Gasteiger partial charge in [-0.3, -0.25) is 4.79 Å². The Morgan fingerprint density at radius 2 is 1.58 bits per heavy atom. The van der Waals surface area contributed by atoms with Crippen molar-refractivity contribution in [1.82, 2.24) is 4.98 Å². The molecule has 0 atom stereocenters. The van der Waals surface area contributed by atoms with Gasteiger partial charge in [-0.15, -0.1) is 11.3 Å². The van der Waals surface area contributed by atoms with Gasteiger partial charge in [0, 0.05) is 15.8 Å². The van der Waals surface area contributed by atoms with Crippen LogP contribution >= 0.6 is 11.3 Å². The Hall–Kier alpha value is -5.08. The molecule has 6 rings (SSSR count). The van der Waals surface area contributed by atoms with Gasteiger partial charge in [0.05, 0.1) is 23.4 Å². The number of anilines is 1. The van der Waals surface area contributed by atoms with Crippen molar-refractivity contribution in [2.75, 3.05) is 18.5 Å². The third-order valence-electron chi connectivity index (χ3n) is 8.98. The van der Waals surface area contributed by atoms with Crippen LogP contribution in [0.15, 0.2) is 72.8 Å². The van der Waals surface area contributed by atoms with Gasteiger partial charge in [-0.05, 0) is 85.4 Å². The summed E-state index contributed by atoms with van der Waals surface area (Å²) in [5, 5.41) is 3.87. The number of pyridine rings is 1. The molecule has 0 fully saturated rings. The lowest BCUT2D eigenvalue weighted by Gasteiger charge is -2.23. The molecule has 0 spiro atoms. The summed E-state index contributed by atoms with van der Waals surface area (Å²) in [5.74, 6) is -1.66. The number of benzene rings is 3. The fraction of sp³-hybridized carbons (Fsp3) is 0.286. The first kappa shape index (κ1) is 34.8. The Kier molecular flexibility index (Phi) is 10.0. The summed E-state index contributed by atoms with van der Waals surface area (Å²) in [5.41, 5.74) is 9.17. The summed E-state index contributed by atoms with van der Waals surface area (Å²) in [6.07, 6.45) is 4.52. The molecule has 2 heterocycles. The van der Waals surface area contributed by atoms with E-state index in [2.05, 4.69) is 56.4 Å². The molecule has 0 bridgehead atoms. The van der Waals surface area contributed by atoms with E-state index in [0.29, 0.717) is 39.0 Å². The smallest absolute Gasteiger partial charge is 0.341 e. The van der Waals surface area contributed by atoms with Crippen molar-refractivity contribution in [3.05, 3.63) is 117 Å². The first-order valence-electron chi connectivity index (χ1n) is 17.0. The molecule has 1 amide bonds. The van der Waals surface area contributed by atoms with E-state index in [1.165, 1.54) is 16.9 Å². The molecule has 2 aromatic heterocycles. The second kappa shape index (κ2) is 14.4. The molecular formula is C42H42N2O5S. The number of carbonyl (C=O) groups excluding carboxylic acids is 3. The zero-order chi connectivity index (χ0) is 35.6. The van der Waals surface area contributed by atoms with Gasteiger partial charge in [-0.25, -0.2) is 14.6 Å². The molecule has 0 radical (unpaired) electrons. The third-order valence-corrected chi connectivity index (χ3v) is 10.0. The third kappa shape index (κ3) is 7.26. The highest BCUT2D eigenvalue weighted by molar-refractivity contribution is 7.17. The molecule has 1 aliphatic rings. The maximum Gasteiger partial charge on any atom is 0.341 e. The van der Waals surface area contributed by atoms with E-state index < -0.39 is 24.5 Å². The van der Waals surface area contributed by atoms with Crippen LogP contribution in [0, 0.1) is 13.8 Å². The van der Waals surface area contributed by atoms with Crippen LogP contribution in [0.2, 0.25) is 0 Å². The summed E-state index contributed by atoms with van der Waals surface area (Å²) in [6, 6.07) is 24.0. The summed E-state index contributed by atoms with van der Waals surface area (Å²) >= 11 is 1.29. The van der Waals surface area contributed by atoms with Crippen molar-refractivity contribution in [3.8, 4) is 11.1 Å². The number of carbonyl (C=O) groups is 3. The zero-order valence-electron chi connectivity index (χ0n) is 29.4. The monoisotopic (exact) mass is 686 g/mol. The van der Waals surface area contributed by atoms with Gasteiger partial charge in [-0.1, -0.05) is 93.1 Å². The molecule has 1 aliphatic carbocycles. The predicted molar refractivity (Wildman–Crippen MR) is 202 cm³/mol. The van der Waals surface area contributed by atoms with Gasteiger partial charge in [-0.2, -0.15) is 0 Å². The average Bonchev–Trinajstić information content (AvgIpc) is 3.41. The van der Waals surface area contributed by atoms with Gasteiger partial charge >= 0.3 is 11.9 Å². The molecule has 256 valence electrons. The van der Waals surface area contributed by atoms with E-state index in [-0.39, 0.29) is 12.0 Å². The van der Waals surface area contributed by atoms with E-state index in [1.54, 1.807) is 6.92 Å². The lowest BCUT2D eigenvalue weighted by atomic mass is 9.85. The van der Waals surface area contributed by atoms with Gasteiger partial charge in [0.2, 0.25) is 0 Å². The number of nitrogens with zero attached hydrogens (tertiary/aromatic N) is 1. The number of allylic oxidation sites excluding steroid dienone is 1. The molecule has 3 aromatic carbocycles. The van der Waals surface area contributed by atoms with E-state index in [9.17, 15) is 14.4 Å². The van der Waals surface area contributed by atoms with E-state index in [0.717, 1.165) is 51.2 Å². The van der Waals surface area contributed by atoms with Crippen molar-refractivity contribution in [1.29, 1.82) is 0 Å². The number of hydrogen-bond acceptors (Lipinski definition) is 7. The first-order valence-corrected chi connectivity index (χ1v) is 17.8. The number of nitrogens with one attached hydrogen (secondary N) is 1. The molecule has 1 N–H and O–H groups in total. The second-order valence-corrected chi connectivity index (χ2v) is 14.9. The molecule has 0 saturated heterocycles. The van der Waals surface area contributed by atoms with Crippen LogP contribution in [-0.4, -0.2) is 36.0 Å². The van der Waals surface area contributed by atoms with Crippen molar-refractivity contribution in [2.24, 2.45) is 0 Å². The van der Waals surface area contributed by atoms with Gasteiger partial charge in [0.1, 0.15) is 10.6 Å². The molecule has 7 nitrogen and oxygen atoms in total. The molecule has 0 saturated carbocycles. The van der Waals surface area contributed by atoms with Crippen LogP contribution in [0.4, 0.5) is 5.00 Å². The number of aryl methyl sites for hydroxylation is 2. The van der Waals surface area contributed by atoms with Crippen LogP contribution in [0.25, 0.3) is 33.7 Å². The molecular weight excluding hydrogens is 645 g/mol. The number of ether oxygens (including phenoxy) is 2. The largest absolute Gasteiger partial charge is 0.462 e. The molecule has 50 heavy (non-hydrogen) atoms. The van der Waals surface area contributed by atoms with Crippen molar-refractivity contribution >= 4 is 56.7 Å². The van der Waals surface area contributed by atoms with Crippen LogP contribution in [0.5, 0.6) is 0 Å². The average molecular weight is 687 g/mol. The highest BCUT2D eigenvalue weighted by atomic mass is 32.1. The SMILES string of the molecule is CCOC(=O)c1c(NC(=O)COC(=O)c2c3c(nc4ccccc24)/C(=C/c2ccc(C(C)(C)C)cc2)CCC3)sc(C)c1-c1ccc(C)cc1. The minimum atomic E-state index is -0.584. The summed E-state index contributed by atoms with van der Waals surface area (Å²) < 4.78 is 11.1. The number of hydrogen-bond donors (Lipinski definition) is 1. The standard InChI is InChI=1S/C42H42N2O5S/c1-7-48-41(47)37-35(28-19-15-25(2)16-20-28)26(3)50-39(37)44-34(45)24-49-40(46)36-31-12-8-9-14-33(31)43-38-29(11-10-13-32(36)38)23-27-17-21-30(22-18-27)42(4,5)6/h8-9,12,14-23H,7,10-11,13,24H2,1-6H3,(H,44,45)/b29-23+. The Morgan fingerprint density at radius 1 is 0.880 bits per heavy atom. The molecule has 0 unspecified atom stereocenters. The van der Waals surface area contributed by atoms with Crippen molar-refractivity contribution in [3.63, 3.8) is 0 Å². The van der Waals surface area contributed by atoms with E-state index in [4.69, 9.17) is 14.5 Å². The Labute approximate surface area is 297 Å². The summed E-state index contributed by atoms with van der Waals surface area (Å²) in [4.78, 5) is 46.3. The quantitative estimate of drug-likeness (QED) is 0.163. The van der Waals surface area contributed by atoms with Crippen LogP contribution in [0.1, 0.15) is 94.1 Å². The normalized spacial score (nSPS) is 13.6. The number of rotatable bonds is 8. The van der Waals surface area contributed by atoms with Crippen LogP contribution in [0.3, 0.4) is 0 Å². The minimum Gasteiger partial charge on any atom is -0.462 e. The zero-order valence-corrected chi connectivity index (χ0v) is 30.3. The topological polar surface area (TPSA) is 94.6 Å². The van der Waals surface area contributed by atoms with Crippen LogP contribution in [-0.2, 0) is 26.1 Å². The number of fused-ring (bicyclic) bond motifs is 2. The molecule has 5 aromatic rings. The van der Waals surface area contributed by atoms with Gasteiger partial charge in [0.15, 0.2) is 6.61 Å². The summed E-state index contributed by atoms with van der Waals surface area (Å²) in [7, 11) is 0. The Balaban J connectivity index is 1.27. The number of aromatic nitrogens is 1. The fourth-order valence-electron chi connectivity index (χ4n) is 6.45. The van der Waals surface area contributed by atoms with Gasteiger partial charge in [0.25, 0.3) is 5.91 Å². The minimum absolute atomic E-state index is 0.0615. The van der Waals surface area contributed by atoms with Crippen molar-refractivity contribution < 1.29 is 23.9 Å². The number of para-hydroxylation sites is 1. The van der Waals surface area contributed by atoms with E-state index >= 15 is 0 Å². The highest BCUT2D eigenvalue weighted by Crippen LogP contribution is 2.41. The summed E-state index contributed by atoms with van der Waals surface area (Å²) in [6.45, 7) is 11.9. The molecule has 8 heteroatoms. The Morgan fingerprint density at radius 3 is 2.28 bits per heavy atom. The van der Waals surface area contributed by atoms with Crippen molar-refractivity contribution in [2.45, 2.75) is 66.2 Å². The number of thiophene rings is 1. The maximum atomic E-state index is 13.9. The first-order chi connectivity index (χ1) is 23.9. The second-order valence-electron chi connectivity index (χ2n) is 13.7. The van der Waals surface area contributed by atoms with Crippen LogP contribution < -0.4 is 5.32 Å². The molecule has 0 aliphatic heterocycles. The Bertz CT molecular complexity index is 2120. The lowest BCUT2D eigenvalue weighted by molar-refractivity contribution is -0.119. The lowest BCUT2D eigenvalue weighted by Crippen LogP contribution is -2.23. The van der Waals surface area contributed by atoms with E-state index in [1.807, 2.05) is 62.4 Å². The number of amides is 1. The number of esters is 2. The fourth-order valence-corrected chi connectivity index (χ4v) is 7.53. The predicted octanol–water partition coefficient (Wildman–Crippen LogP) is 9.73. The maximum absolute atomic E-state index is 13.9. The highest BCUT2D eigenvalue weighted by Gasteiger charge is 2.28. The van der Waals surface area contributed by atoms with Gasteiger partial charge < -0.3 is 14.8 Å².